The summed E-state index contributed by atoms with van der Waals surface area (Å²) in [5, 5.41) is 72.6. The van der Waals surface area contributed by atoms with Gasteiger partial charge in [-0.1, -0.05) is 45.9 Å². The Morgan fingerprint density at radius 2 is 1.62 bits per heavy atom. The van der Waals surface area contributed by atoms with E-state index in [0.717, 1.165) is 18.0 Å². The summed E-state index contributed by atoms with van der Waals surface area (Å²) in [4.78, 5) is 69.6. The molecule has 1 fully saturated rings. The molecule has 0 spiro atoms. The highest BCUT2D eigenvalue weighted by Gasteiger charge is 2.53. The molecule has 1 aromatic carbocycles. The van der Waals surface area contributed by atoms with Gasteiger partial charge in [0.2, 0.25) is 11.6 Å². The van der Waals surface area contributed by atoms with Gasteiger partial charge in [-0.05, 0) is 32.1 Å². The molecule has 0 unspecified atom stereocenters. The Balaban J connectivity index is 1.55. The van der Waals surface area contributed by atoms with Crippen LogP contribution in [0, 0.1) is 30.6 Å². The Morgan fingerprint density at radius 1 is 0.939 bits per heavy atom. The molecule has 1 amide bonds. The van der Waals surface area contributed by atoms with Gasteiger partial charge < -0.3 is 70.3 Å². The van der Waals surface area contributed by atoms with E-state index >= 15 is 0 Å². The summed E-state index contributed by atoms with van der Waals surface area (Å²) in [5.41, 5.74) is -1.82. The fourth-order valence-electron chi connectivity index (χ4n) is 8.23. The van der Waals surface area contributed by atoms with E-state index in [1.807, 2.05) is 0 Å². The minimum atomic E-state index is -2.15. The number of esters is 1. The van der Waals surface area contributed by atoms with Crippen LogP contribution in [0.2, 0.25) is 0 Å². The first-order chi connectivity index (χ1) is 31.0. The Hall–Kier alpha value is -4.71. The highest BCUT2D eigenvalue weighted by molar-refractivity contribution is 8.04. The van der Waals surface area contributed by atoms with Gasteiger partial charge in [0.1, 0.15) is 41.6 Å². The molecule has 21 heteroatoms. The quantitative estimate of drug-likeness (QED) is 0.107. The number of fused-ring (bicyclic) bond motifs is 14. The van der Waals surface area contributed by atoms with Crippen molar-refractivity contribution >= 4 is 58.3 Å². The average molecular weight is 962 g/mol. The molecule has 1 saturated heterocycles. The second-order valence-corrected chi connectivity index (χ2v) is 18.6. The molecule has 362 valence electrons. The van der Waals surface area contributed by atoms with Crippen LogP contribution in [0.5, 0.6) is 11.5 Å². The third-order valence-electron chi connectivity index (χ3n) is 12.3. The van der Waals surface area contributed by atoms with Crippen LogP contribution >= 0.6 is 24.0 Å². The predicted molar refractivity (Wildman–Crippen MR) is 242 cm³/mol. The summed E-state index contributed by atoms with van der Waals surface area (Å²) in [6.45, 7) is 11.9. The van der Waals surface area contributed by atoms with E-state index in [-0.39, 0.29) is 51.4 Å². The van der Waals surface area contributed by atoms with Crippen molar-refractivity contribution < 1.29 is 78.3 Å². The molecule has 1 aromatic rings. The van der Waals surface area contributed by atoms with Gasteiger partial charge in [-0.2, -0.15) is 0 Å². The van der Waals surface area contributed by atoms with Crippen molar-refractivity contribution in [2.75, 3.05) is 26.0 Å². The van der Waals surface area contributed by atoms with Gasteiger partial charge in [0.05, 0.1) is 52.8 Å². The zero-order valence-corrected chi connectivity index (χ0v) is 39.7. The summed E-state index contributed by atoms with van der Waals surface area (Å²) < 4.78 is 28.8. The van der Waals surface area contributed by atoms with Crippen LogP contribution in [0.1, 0.15) is 85.1 Å². The number of nitrogens with one attached hydrogen (secondary N) is 3. The van der Waals surface area contributed by atoms with Gasteiger partial charge in [-0.3, -0.25) is 24.0 Å². The van der Waals surface area contributed by atoms with Crippen LogP contribution < -0.4 is 20.7 Å². The Kier molecular flexibility index (Phi) is 17.0. The van der Waals surface area contributed by atoms with Gasteiger partial charge in [-0.25, -0.2) is 0 Å². The van der Waals surface area contributed by atoms with E-state index in [1.54, 1.807) is 33.8 Å². The van der Waals surface area contributed by atoms with Crippen molar-refractivity contribution in [2.45, 2.75) is 110 Å². The Morgan fingerprint density at radius 3 is 2.27 bits per heavy atom. The highest BCUT2D eigenvalue weighted by Crippen LogP contribution is 2.49. The second kappa shape index (κ2) is 21.5. The van der Waals surface area contributed by atoms with Gasteiger partial charge in [0.25, 0.3) is 11.7 Å². The van der Waals surface area contributed by atoms with Crippen molar-refractivity contribution in [1.82, 2.24) is 16.0 Å². The number of aliphatic hydroxyl groups excluding tert-OH is 5. The lowest BCUT2D eigenvalue weighted by Gasteiger charge is -2.38. The number of benzene rings is 1. The van der Waals surface area contributed by atoms with Crippen LogP contribution in [0.4, 0.5) is 0 Å². The van der Waals surface area contributed by atoms with E-state index < -0.39 is 130 Å². The number of aromatic hydroxyl groups is 1. The molecule has 4 heterocycles. The smallest absolute Gasteiger partial charge is 0.312 e. The highest BCUT2D eigenvalue weighted by atomic mass is 32.2. The van der Waals surface area contributed by atoms with Crippen LogP contribution in [0.3, 0.4) is 0 Å². The van der Waals surface area contributed by atoms with Crippen molar-refractivity contribution in [2.24, 2.45) is 23.7 Å². The SMILES string of the molecule is CO[C@H]1/C=C/O[C@@]2(C)Oc3c(C)c(O)c4c(c3C2=O)C(=O)C(SCCNC(=S)N[C@H]2OC[C@@H](O)[C@@H](O)[C@@H]2O)=C(NC(=O)/C(C)=C\C=C\[C@H](C)[C@H](O)[C@@H](C)[C@@H](O)[C@@H](C)[C@H](OC(C)=O)[C@@H]1C)C4=O. The number of methoxy groups -OCH3 is 1. The van der Waals surface area contributed by atoms with Crippen LogP contribution in [0.25, 0.3) is 0 Å². The summed E-state index contributed by atoms with van der Waals surface area (Å²) in [5.74, 6) is -9.88. The van der Waals surface area contributed by atoms with Gasteiger partial charge in [0, 0.05) is 68.1 Å². The maximum absolute atomic E-state index is 14.7. The number of hydrogen-bond donors (Lipinski definition) is 9. The van der Waals surface area contributed by atoms with E-state index in [9.17, 15) is 54.6 Å². The Labute approximate surface area is 391 Å². The molecular formula is C45H59N3O16S2. The molecular weight excluding hydrogens is 903 g/mol. The number of hydrogen-bond acceptors (Lipinski definition) is 18. The van der Waals surface area contributed by atoms with E-state index in [0.29, 0.717) is 0 Å². The third kappa shape index (κ3) is 10.7. The van der Waals surface area contributed by atoms with Crippen molar-refractivity contribution in [3.8, 4) is 11.5 Å². The number of aliphatic hydroxyl groups is 5. The topological polar surface area (TPSA) is 289 Å². The number of allylic oxidation sites excluding steroid dienone is 4. The molecule has 0 radical (unpaired) electrons. The minimum absolute atomic E-state index is 0.0114. The molecule has 19 nitrogen and oxygen atoms in total. The van der Waals surface area contributed by atoms with Crippen molar-refractivity contribution in [3.05, 3.63) is 69.0 Å². The minimum Gasteiger partial charge on any atom is -0.507 e. The van der Waals surface area contributed by atoms with E-state index in [1.165, 1.54) is 53.0 Å². The number of amides is 1. The number of thioether (sulfide) groups is 1. The number of carbonyl (C=O) groups excluding carboxylic acids is 5. The number of thiocarbonyl (C=S) groups is 1. The first-order valence-electron chi connectivity index (χ1n) is 21.3. The maximum Gasteiger partial charge on any atom is 0.312 e. The fraction of sp³-hybridized carbons (Fsp3) is 0.556. The first-order valence-corrected chi connectivity index (χ1v) is 22.7. The van der Waals surface area contributed by atoms with Crippen molar-refractivity contribution in [1.29, 1.82) is 0 Å². The largest absolute Gasteiger partial charge is 0.507 e. The standard InChI is InChI=1S/C45H59N3O16S2/c1-18-11-10-12-19(2)42(59)47-30-35(55)28-27(36(56)40(30)66-16-14-46-44(65)48-43-37(57)34(54)25(50)17-61-43)29-39(23(6)33(28)53)64-45(8,41(29)58)62-15-13-26(60-9)20(3)38(63-24(7)49)22(5)32(52)21(4)31(18)51/h10-13,15,18,20-22,25-26,31-32,34,37-38,43,50-54,57H,14,16-17H2,1-9H3,(H,47,59)(H2,46,48,65)/b11-10+,15-13+,19-12-/t18-,20+,21+,22+,25+,26-,31-,32+,34+,37-,38+,43-,45-/m0/s1. The number of Topliss-reactive ketones (excluding diaryl/α,β-unsaturated/α-hetero) is 3. The van der Waals surface area contributed by atoms with Crippen LogP contribution in [0.15, 0.2) is 46.7 Å². The molecule has 13 atom stereocenters. The predicted octanol–water partition coefficient (Wildman–Crippen LogP) is 1.59. The maximum atomic E-state index is 14.7. The van der Waals surface area contributed by atoms with Crippen LogP contribution in [-0.4, -0.2) is 146 Å². The summed E-state index contributed by atoms with van der Waals surface area (Å²) >= 11 is 6.14. The molecule has 9 N–H and O–H groups in total. The number of phenols is 1. The normalized spacial score (nSPS) is 34.9. The van der Waals surface area contributed by atoms with E-state index in [4.69, 9.17) is 35.9 Å². The zero-order valence-electron chi connectivity index (χ0n) is 38.0. The monoisotopic (exact) mass is 961 g/mol. The van der Waals surface area contributed by atoms with Gasteiger partial charge in [-0.15, -0.1) is 11.8 Å². The number of carbonyl (C=O) groups is 5. The summed E-state index contributed by atoms with van der Waals surface area (Å²) in [6, 6.07) is 0. The van der Waals surface area contributed by atoms with Crippen molar-refractivity contribution in [3.63, 3.8) is 0 Å². The third-order valence-corrected chi connectivity index (χ3v) is 13.7. The molecule has 66 heavy (non-hydrogen) atoms. The van der Waals surface area contributed by atoms with E-state index in [2.05, 4.69) is 16.0 Å². The number of rotatable bonds is 7. The second-order valence-electron chi connectivity index (χ2n) is 17.0. The molecule has 0 aromatic heterocycles. The molecule has 6 rings (SSSR count). The molecule has 1 aliphatic carbocycles. The molecule has 5 aliphatic rings. The number of phenolic OH excluding ortho intramolecular Hbond substituents is 1. The first kappa shape index (κ1) is 52.3. The lowest BCUT2D eigenvalue weighted by Crippen LogP contribution is -2.60. The zero-order chi connectivity index (χ0) is 49.1. The number of ether oxygens (including phenoxy) is 5. The van der Waals surface area contributed by atoms with Crippen LogP contribution in [-0.2, 0) is 28.5 Å². The number of ketones is 3. The lowest BCUT2D eigenvalue weighted by molar-refractivity contribution is -0.190. The molecule has 0 saturated carbocycles. The Bertz CT molecular complexity index is 2230. The van der Waals surface area contributed by atoms with Gasteiger partial charge in [0.15, 0.2) is 11.3 Å². The summed E-state index contributed by atoms with van der Waals surface area (Å²) in [6.07, 6.45) is -2.42. The summed E-state index contributed by atoms with van der Waals surface area (Å²) in [7, 11) is 1.40. The van der Waals surface area contributed by atoms with Gasteiger partial charge >= 0.3 is 11.8 Å². The fourth-order valence-corrected chi connectivity index (χ4v) is 9.38. The lowest BCUT2D eigenvalue weighted by atomic mass is 9.78. The average Bonchev–Trinajstić information content (AvgIpc) is 3.54. The molecule has 4 aliphatic heterocycles. The molecule has 5 bridgehead atoms.